The van der Waals surface area contributed by atoms with Crippen molar-refractivity contribution in [3.63, 3.8) is 0 Å². The molecule has 0 heterocycles. The number of hydrogen-bond acceptors (Lipinski definition) is 2. The van der Waals surface area contributed by atoms with Gasteiger partial charge in [0.1, 0.15) is 0 Å². The monoisotopic (exact) mass is 286 g/mol. The van der Waals surface area contributed by atoms with Crippen LogP contribution in [-0.4, -0.2) is 16.6 Å². The summed E-state index contributed by atoms with van der Waals surface area (Å²) < 4.78 is 0. The first kappa shape index (κ1) is 19.2. The Kier molecular flexibility index (Phi) is 15.6. The van der Waals surface area contributed by atoms with E-state index >= 15 is 0 Å². The number of rotatable bonds is 15. The van der Waals surface area contributed by atoms with Crippen molar-refractivity contribution in [2.45, 2.75) is 96.8 Å². The SMILES string of the molecule is CCCCCCCCCCCCCCCC/[N+]([O-])=N\O. The summed E-state index contributed by atoms with van der Waals surface area (Å²) in [5, 5.41) is 21.4. The molecule has 0 aliphatic carbocycles. The van der Waals surface area contributed by atoms with Gasteiger partial charge in [-0.1, -0.05) is 88.8 Å². The molecule has 20 heavy (non-hydrogen) atoms. The molecule has 0 aromatic carbocycles. The van der Waals surface area contributed by atoms with Crippen molar-refractivity contribution in [3.05, 3.63) is 5.21 Å². The van der Waals surface area contributed by atoms with E-state index in [9.17, 15) is 5.21 Å². The summed E-state index contributed by atoms with van der Waals surface area (Å²) in [6.45, 7) is 2.58. The largest absolute Gasteiger partial charge is 0.597 e. The van der Waals surface area contributed by atoms with Crippen molar-refractivity contribution in [2.24, 2.45) is 5.28 Å². The van der Waals surface area contributed by atoms with Crippen LogP contribution in [-0.2, 0) is 0 Å². The van der Waals surface area contributed by atoms with Crippen LogP contribution >= 0.6 is 0 Å². The summed E-state index contributed by atoms with van der Waals surface area (Å²) in [5.74, 6) is 0. The predicted molar refractivity (Wildman–Crippen MR) is 83.0 cm³/mol. The Labute approximate surface area is 124 Å². The smallest absolute Gasteiger partial charge is 0.197 e. The molecule has 0 aliphatic heterocycles. The van der Waals surface area contributed by atoms with E-state index in [-0.39, 0.29) is 0 Å². The van der Waals surface area contributed by atoms with Crippen molar-refractivity contribution in [3.8, 4) is 0 Å². The van der Waals surface area contributed by atoms with Gasteiger partial charge in [0.2, 0.25) is 0 Å². The fourth-order valence-corrected chi connectivity index (χ4v) is 2.49. The molecule has 4 heteroatoms. The molecule has 0 aliphatic rings. The molecule has 0 bridgehead atoms. The third kappa shape index (κ3) is 15.3. The molecule has 1 N–H and O–H groups in total. The lowest BCUT2D eigenvalue weighted by Gasteiger charge is -2.03. The van der Waals surface area contributed by atoms with Gasteiger partial charge in [0, 0.05) is 6.42 Å². The minimum absolute atomic E-state index is 0.314. The zero-order valence-corrected chi connectivity index (χ0v) is 13.4. The fraction of sp³-hybridized carbons (Fsp3) is 1.00. The van der Waals surface area contributed by atoms with E-state index in [2.05, 4.69) is 12.2 Å². The van der Waals surface area contributed by atoms with Gasteiger partial charge in [-0.25, -0.2) is 0 Å². The number of hydrogen-bond donors (Lipinski definition) is 1. The average molecular weight is 286 g/mol. The van der Waals surface area contributed by atoms with E-state index in [0.717, 1.165) is 12.8 Å². The van der Waals surface area contributed by atoms with Crippen molar-refractivity contribution in [2.75, 3.05) is 6.54 Å². The minimum atomic E-state index is 0.314. The molecule has 0 unspecified atom stereocenters. The summed E-state index contributed by atoms with van der Waals surface area (Å²) in [5.41, 5.74) is 0. The minimum Gasteiger partial charge on any atom is -0.597 e. The molecule has 0 saturated carbocycles. The summed E-state index contributed by atoms with van der Waals surface area (Å²) in [7, 11) is 0. The highest BCUT2D eigenvalue weighted by Crippen LogP contribution is 2.12. The maximum Gasteiger partial charge on any atom is 0.197 e. The van der Waals surface area contributed by atoms with Crippen LogP contribution in [0.15, 0.2) is 5.28 Å². The standard InChI is InChI=1S/C16H34N2O2/c1-2-3-4-5-6-7-8-9-10-11-12-13-14-15-16-18(20)17-19/h19H,2-16H2,1H3/b18-17+. The van der Waals surface area contributed by atoms with Gasteiger partial charge in [-0.2, -0.15) is 0 Å². The summed E-state index contributed by atoms with van der Waals surface area (Å²) in [6.07, 6.45) is 18.2. The second-order valence-corrected chi connectivity index (χ2v) is 5.76. The quantitative estimate of drug-likeness (QED) is 0.178. The number of hydroxylamine groups is 1. The van der Waals surface area contributed by atoms with Gasteiger partial charge >= 0.3 is 0 Å². The Morgan fingerprint density at radius 3 is 1.40 bits per heavy atom. The third-order valence-corrected chi connectivity index (χ3v) is 3.80. The zero-order valence-electron chi connectivity index (χ0n) is 13.4. The maximum absolute atomic E-state index is 10.6. The Balaban J connectivity index is 2.99. The lowest BCUT2D eigenvalue weighted by atomic mass is 10.0. The van der Waals surface area contributed by atoms with Crippen LogP contribution in [0.5, 0.6) is 0 Å². The van der Waals surface area contributed by atoms with E-state index < -0.39 is 0 Å². The lowest BCUT2D eigenvalue weighted by molar-refractivity contribution is -0.556. The second-order valence-electron chi connectivity index (χ2n) is 5.76. The molecule has 0 saturated heterocycles. The summed E-state index contributed by atoms with van der Waals surface area (Å²) >= 11 is 0. The maximum atomic E-state index is 10.6. The van der Waals surface area contributed by atoms with Crippen LogP contribution in [0, 0.1) is 5.21 Å². The van der Waals surface area contributed by atoms with Gasteiger partial charge < -0.3 is 10.4 Å². The van der Waals surface area contributed by atoms with Crippen LogP contribution in [0.4, 0.5) is 0 Å². The highest BCUT2D eigenvalue weighted by Gasteiger charge is 1.97. The van der Waals surface area contributed by atoms with Crippen LogP contribution in [0.3, 0.4) is 0 Å². The van der Waals surface area contributed by atoms with Crippen LogP contribution in [0.25, 0.3) is 0 Å². The molecule has 0 radical (unpaired) electrons. The second kappa shape index (κ2) is 16.3. The van der Waals surface area contributed by atoms with E-state index in [1.165, 1.54) is 77.0 Å². The highest BCUT2D eigenvalue weighted by molar-refractivity contribution is 4.49. The average Bonchev–Trinajstić information content (AvgIpc) is 2.47. The van der Waals surface area contributed by atoms with Gasteiger partial charge in [-0.15, -0.1) is 0 Å². The Morgan fingerprint density at radius 1 is 0.700 bits per heavy atom. The molecule has 0 aromatic rings. The first-order valence-corrected chi connectivity index (χ1v) is 8.61. The topological polar surface area (TPSA) is 58.7 Å². The molecule has 0 rings (SSSR count). The van der Waals surface area contributed by atoms with Gasteiger partial charge in [0.25, 0.3) is 0 Å². The van der Waals surface area contributed by atoms with Gasteiger partial charge in [0.15, 0.2) is 11.8 Å². The number of nitrogens with zero attached hydrogens (tertiary/aromatic N) is 2. The fourth-order valence-electron chi connectivity index (χ4n) is 2.49. The summed E-state index contributed by atoms with van der Waals surface area (Å²) in [4.78, 5) is 0.348. The van der Waals surface area contributed by atoms with Crippen molar-refractivity contribution in [1.29, 1.82) is 0 Å². The Morgan fingerprint density at radius 2 is 1.05 bits per heavy atom. The highest BCUT2D eigenvalue weighted by atomic mass is 16.6. The third-order valence-electron chi connectivity index (χ3n) is 3.80. The predicted octanol–water partition coefficient (Wildman–Crippen LogP) is 5.82. The van der Waals surface area contributed by atoms with Crippen LogP contribution in [0.2, 0.25) is 0 Å². The molecular formula is C16H34N2O2. The van der Waals surface area contributed by atoms with Gasteiger partial charge in [-0.3, -0.25) is 0 Å². The van der Waals surface area contributed by atoms with Crippen LogP contribution < -0.4 is 0 Å². The first-order chi connectivity index (χ1) is 9.81. The Hall–Kier alpha value is -0.800. The molecule has 4 nitrogen and oxygen atoms in total. The van der Waals surface area contributed by atoms with Crippen molar-refractivity contribution >= 4 is 0 Å². The summed E-state index contributed by atoms with van der Waals surface area (Å²) in [6, 6.07) is 0. The van der Waals surface area contributed by atoms with Crippen molar-refractivity contribution < 1.29 is 10.1 Å². The van der Waals surface area contributed by atoms with E-state index in [1.807, 2.05) is 0 Å². The zero-order chi connectivity index (χ0) is 14.9. The van der Waals surface area contributed by atoms with Gasteiger partial charge in [0.05, 0.1) is 0 Å². The Bertz CT molecular complexity index is 221. The normalized spacial score (nSPS) is 11.9. The van der Waals surface area contributed by atoms with E-state index in [4.69, 9.17) is 5.21 Å². The molecule has 0 amide bonds. The molecule has 120 valence electrons. The van der Waals surface area contributed by atoms with E-state index in [1.54, 1.807) is 0 Å². The molecular weight excluding hydrogens is 252 g/mol. The molecule has 0 spiro atoms. The van der Waals surface area contributed by atoms with Crippen LogP contribution in [0.1, 0.15) is 96.8 Å². The number of unbranched alkanes of at least 4 members (excludes halogenated alkanes) is 13. The lowest BCUT2D eigenvalue weighted by Crippen LogP contribution is -2.01. The molecule has 0 fully saturated rings. The van der Waals surface area contributed by atoms with Crippen molar-refractivity contribution in [1.82, 2.24) is 0 Å². The molecule has 0 atom stereocenters. The van der Waals surface area contributed by atoms with Gasteiger partial charge in [-0.05, 0) is 6.42 Å². The first-order valence-electron chi connectivity index (χ1n) is 8.61. The van der Waals surface area contributed by atoms with E-state index in [0.29, 0.717) is 11.4 Å². The molecule has 0 aromatic heterocycles.